The predicted octanol–water partition coefficient (Wildman–Crippen LogP) is 1.80. The summed E-state index contributed by atoms with van der Waals surface area (Å²) in [7, 11) is 0. The van der Waals surface area contributed by atoms with Crippen molar-refractivity contribution in [3.8, 4) is 0 Å². The normalized spacial score (nSPS) is 9.00. The molecule has 0 bridgehead atoms. The Bertz CT molecular complexity index is 220. The molecule has 2 heteroatoms. The van der Waals surface area contributed by atoms with Crippen LogP contribution in [0.4, 0.5) is 0 Å². The Labute approximate surface area is 58.3 Å². The van der Waals surface area contributed by atoms with E-state index in [9.17, 15) is 4.79 Å². The molecule has 1 rings (SSSR count). The number of halogens is 1. The maximum absolute atomic E-state index is 9.98. The minimum absolute atomic E-state index is 0.488. The fourth-order valence-electron chi connectivity index (χ4n) is 0.552. The van der Waals surface area contributed by atoms with Gasteiger partial charge in [0.15, 0.2) is 0 Å². The first-order valence-corrected chi connectivity index (χ1v) is 2.84. The maximum Gasteiger partial charge on any atom is 0.233 e. The van der Waals surface area contributed by atoms with Crippen LogP contribution in [0.5, 0.6) is 0 Å². The van der Waals surface area contributed by atoms with Crippen LogP contribution in [0.15, 0.2) is 24.3 Å². The first-order valence-electron chi connectivity index (χ1n) is 2.46. The molecule has 0 aliphatic heterocycles. The van der Waals surface area contributed by atoms with Crippen molar-refractivity contribution >= 4 is 17.9 Å². The molecule has 45 valence electrons. The molecule has 0 saturated heterocycles. The lowest BCUT2D eigenvalue weighted by molar-refractivity contribution is 0.563. The van der Waals surface area contributed by atoms with E-state index in [4.69, 9.17) is 11.6 Å². The van der Waals surface area contributed by atoms with Crippen LogP contribution in [-0.2, 0) is 4.79 Å². The molecule has 9 heavy (non-hydrogen) atoms. The van der Waals surface area contributed by atoms with E-state index in [1.807, 2.05) is 0 Å². The smallest absolute Gasteiger partial charge is 0.233 e. The van der Waals surface area contributed by atoms with Gasteiger partial charge in [0, 0.05) is 10.6 Å². The third kappa shape index (κ3) is 1.54. The Balaban J connectivity index is 3.07. The Morgan fingerprint density at radius 3 is 2.67 bits per heavy atom. The molecule has 0 fully saturated rings. The van der Waals surface area contributed by atoms with Crippen LogP contribution >= 0.6 is 11.6 Å². The van der Waals surface area contributed by atoms with E-state index < -0.39 is 0 Å². The van der Waals surface area contributed by atoms with Gasteiger partial charge in [-0.2, -0.15) is 0 Å². The van der Waals surface area contributed by atoms with E-state index in [0.29, 0.717) is 10.6 Å². The van der Waals surface area contributed by atoms with Crippen LogP contribution in [0.1, 0.15) is 5.56 Å². The van der Waals surface area contributed by atoms with Gasteiger partial charge in [0.25, 0.3) is 0 Å². The second kappa shape index (κ2) is 2.65. The van der Waals surface area contributed by atoms with Gasteiger partial charge in [0.2, 0.25) is 6.29 Å². The highest BCUT2D eigenvalue weighted by Gasteiger charge is 1.89. The highest BCUT2D eigenvalue weighted by Crippen LogP contribution is 2.07. The van der Waals surface area contributed by atoms with Crippen molar-refractivity contribution in [3.05, 3.63) is 34.9 Å². The Hall–Kier alpha value is -0.820. The fraction of sp³-hybridized carbons (Fsp3) is 0. The van der Waals surface area contributed by atoms with Crippen LogP contribution in [0.25, 0.3) is 0 Å². The molecule has 0 amide bonds. The molecule has 0 unspecified atom stereocenters. The predicted molar refractivity (Wildman–Crippen MR) is 36.2 cm³/mol. The molecule has 1 radical (unpaired) electrons. The number of carbonyl (C=O) groups excluding carboxylic acids is 1. The van der Waals surface area contributed by atoms with Gasteiger partial charge in [0.05, 0.1) is 0 Å². The fourth-order valence-corrected chi connectivity index (χ4v) is 0.742. The van der Waals surface area contributed by atoms with Crippen LogP contribution < -0.4 is 0 Å². The monoisotopic (exact) mass is 139 g/mol. The summed E-state index contributed by atoms with van der Waals surface area (Å²) in [6, 6.07) is 6.64. The molecule has 0 heterocycles. The second-order valence-corrected chi connectivity index (χ2v) is 2.05. The highest BCUT2D eigenvalue weighted by atomic mass is 35.5. The van der Waals surface area contributed by atoms with E-state index in [2.05, 4.69) is 0 Å². The third-order valence-electron chi connectivity index (χ3n) is 0.942. The zero-order valence-electron chi connectivity index (χ0n) is 4.60. The molecule has 0 atom stereocenters. The van der Waals surface area contributed by atoms with Crippen LogP contribution in [0, 0.1) is 0 Å². The van der Waals surface area contributed by atoms with Gasteiger partial charge < -0.3 is 0 Å². The molecular formula is C7H4ClO. The lowest BCUT2D eigenvalue weighted by atomic mass is 10.2. The standard InChI is InChI=1S/C7H4ClO/c8-7-3-1-2-6(4-7)5-9/h1-4H. The first-order chi connectivity index (χ1) is 4.33. The summed E-state index contributed by atoms with van der Waals surface area (Å²) in [6.07, 6.45) is 1.73. The Morgan fingerprint density at radius 1 is 1.44 bits per heavy atom. The summed E-state index contributed by atoms with van der Waals surface area (Å²) in [5, 5.41) is 0.566. The summed E-state index contributed by atoms with van der Waals surface area (Å²) in [5.41, 5.74) is 0.488. The summed E-state index contributed by atoms with van der Waals surface area (Å²) in [6.45, 7) is 0. The lowest BCUT2D eigenvalue weighted by Gasteiger charge is -1.87. The number of benzene rings is 1. The van der Waals surface area contributed by atoms with E-state index in [1.165, 1.54) is 0 Å². The summed E-state index contributed by atoms with van der Waals surface area (Å²) in [5.74, 6) is 0. The summed E-state index contributed by atoms with van der Waals surface area (Å²) in [4.78, 5) is 9.98. The quantitative estimate of drug-likeness (QED) is 0.580. The van der Waals surface area contributed by atoms with Crippen molar-refractivity contribution in [2.24, 2.45) is 0 Å². The summed E-state index contributed by atoms with van der Waals surface area (Å²) < 4.78 is 0. The molecule has 0 aliphatic rings. The van der Waals surface area contributed by atoms with E-state index in [1.54, 1.807) is 30.6 Å². The Morgan fingerprint density at radius 2 is 2.22 bits per heavy atom. The average molecular weight is 140 g/mol. The zero-order chi connectivity index (χ0) is 6.69. The molecule has 1 nitrogen and oxygen atoms in total. The molecule has 0 spiro atoms. The van der Waals surface area contributed by atoms with Crippen LogP contribution in [0.3, 0.4) is 0 Å². The molecule has 0 aliphatic carbocycles. The van der Waals surface area contributed by atoms with Crippen LogP contribution in [-0.4, -0.2) is 6.29 Å². The zero-order valence-corrected chi connectivity index (χ0v) is 5.35. The number of rotatable bonds is 1. The minimum Gasteiger partial charge on any atom is -0.285 e. The first kappa shape index (κ1) is 6.30. The van der Waals surface area contributed by atoms with Gasteiger partial charge in [0.1, 0.15) is 0 Å². The lowest BCUT2D eigenvalue weighted by Crippen LogP contribution is -1.76. The van der Waals surface area contributed by atoms with E-state index >= 15 is 0 Å². The topological polar surface area (TPSA) is 17.1 Å². The van der Waals surface area contributed by atoms with Gasteiger partial charge in [-0.05, 0) is 12.1 Å². The van der Waals surface area contributed by atoms with Crippen molar-refractivity contribution in [1.82, 2.24) is 0 Å². The van der Waals surface area contributed by atoms with Gasteiger partial charge in [-0.25, -0.2) is 0 Å². The van der Waals surface area contributed by atoms with Crippen molar-refractivity contribution in [1.29, 1.82) is 0 Å². The van der Waals surface area contributed by atoms with Gasteiger partial charge in [-0.3, -0.25) is 4.79 Å². The minimum atomic E-state index is 0.488. The molecule has 1 aromatic rings. The van der Waals surface area contributed by atoms with Crippen molar-refractivity contribution in [2.45, 2.75) is 0 Å². The molecular weight excluding hydrogens is 136 g/mol. The maximum atomic E-state index is 9.98. The second-order valence-electron chi connectivity index (χ2n) is 1.61. The number of hydrogen-bond acceptors (Lipinski definition) is 1. The van der Waals surface area contributed by atoms with Crippen molar-refractivity contribution < 1.29 is 4.79 Å². The molecule has 0 saturated carbocycles. The van der Waals surface area contributed by atoms with Crippen LogP contribution in [0.2, 0.25) is 5.02 Å². The SMILES string of the molecule is O=[C]c1cccc(Cl)c1. The van der Waals surface area contributed by atoms with Gasteiger partial charge >= 0.3 is 0 Å². The largest absolute Gasteiger partial charge is 0.285 e. The van der Waals surface area contributed by atoms with Gasteiger partial charge in [-0.1, -0.05) is 23.7 Å². The average Bonchev–Trinajstić information content (AvgIpc) is 1.88. The van der Waals surface area contributed by atoms with E-state index in [-0.39, 0.29) is 0 Å². The van der Waals surface area contributed by atoms with E-state index in [0.717, 1.165) is 0 Å². The molecule has 1 aromatic carbocycles. The van der Waals surface area contributed by atoms with Crippen molar-refractivity contribution in [3.63, 3.8) is 0 Å². The summed E-state index contributed by atoms with van der Waals surface area (Å²) >= 11 is 5.54. The number of hydrogen-bond donors (Lipinski definition) is 0. The highest BCUT2D eigenvalue weighted by molar-refractivity contribution is 6.30. The molecule has 0 aromatic heterocycles. The Kier molecular flexibility index (Phi) is 1.85. The van der Waals surface area contributed by atoms with Gasteiger partial charge in [-0.15, -0.1) is 0 Å². The van der Waals surface area contributed by atoms with Crippen molar-refractivity contribution in [2.75, 3.05) is 0 Å². The third-order valence-corrected chi connectivity index (χ3v) is 1.18. The molecule has 0 N–H and O–H groups in total.